The van der Waals surface area contributed by atoms with Crippen LogP contribution in [0.3, 0.4) is 0 Å². The van der Waals surface area contributed by atoms with Crippen LogP contribution in [0.1, 0.15) is 44.1 Å². The Morgan fingerprint density at radius 3 is 2.83 bits per heavy atom. The predicted molar refractivity (Wildman–Crippen MR) is 80.7 cm³/mol. The van der Waals surface area contributed by atoms with Gasteiger partial charge in [-0.15, -0.1) is 11.3 Å². The fourth-order valence-corrected chi connectivity index (χ4v) is 3.31. The van der Waals surface area contributed by atoms with Crippen LogP contribution in [0, 0.1) is 0 Å². The van der Waals surface area contributed by atoms with Gasteiger partial charge in [-0.2, -0.15) is 0 Å². The monoisotopic (exact) mass is 264 g/mol. The minimum absolute atomic E-state index is 0.404. The zero-order chi connectivity index (χ0) is 13.1. The van der Waals surface area contributed by atoms with Crippen LogP contribution in [0.2, 0.25) is 0 Å². The van der Waals surface area contributed by atoms with E-state index in [2.05, 4.69) is 55.6 Å². The summed E-state index contributed by atoms with van der Waals surface area (Å²) < 4.78 is 0. The fraction of sp³-hybridized carbons (Fsp3) is 0.600. The second-order valence-electron chi connectivity index (χ2n) is 5.19. The van der Waals surface area contributed by atoms with Gasteiger partial charge in [0.25, 0.3) is 0 Å². The first kappa shape index (κ1) is 13.6. The summed E-state index contributed by atoms with van der Waals surface area (Å²) in [6, 6.07) is 2.78. The standard InChI is InChI=1S/C15H24N2S/c1-5-6-7-13-8-9-18-15(13)14-10-11(2)17(4)12(3)16-14/h8-12,16H,5-7H2,1-4H3. The Balaban J connectivity index is 2.21. The number of hydrogen-bond donors (Lipinski definition) is 1. The van der Waals surface area contributed by atoms with Crippen molar-refractivity contribution in [1.82, 2.24) is 10.2 Å². The molecule has 0 radical (unpaired) electrons. The summed E-state index contributed by atoms with van der Waals surface area (Å²) in [5.41, 5.74) is 2.83. The first-order valence-corrected chi connectivity index (χ1v) is 7.78. The van der Waals surface area contributed by atoms with Crippen molar-refractivity contribution in [3.63, 3.8) is 0 Å². The van der Waals surface area contributed by atoms with E-state index >= 15 is 0 Å². The molecular weight excluding hydrogens is 240 g/mol. The Hall–Kier alpha value is -0.800. The maximum Gasteiger partial charge on any atom is 0.0767 e. The SMILES string of the molecule is CCCCc1ccsc1C1=CC(C)N(C)C(C)N1. The molecule has 0 fully saturated rings. The molecule has 18 heavy (non-hydrogen) atoms. The van der Waals surface area contributed by atoms with Crippen molar-refractivity contribution in [2.45, 2.75) is 52.2 Å². The van der Waals surface area contributed by atoms with Gasteiger partial charge in [0.05, 0.1) is 16.7 Å². The van der Waals surface area contributed by atoms with Crippen LogP contribution in [-0.2, 0) is 6.42 Å². The van der Waals surface area contributed by atoms with Crippen molar-refractivity contribution < 1.29 is 0 Å². The van der Waals surface area contributed by atoms with Crippen molar-refractivity contribution in [2.75, 3.05) is 7.05 Å². The zero-order valence-corrected chi connectivity index (χ0v) is 12.7. The molecule has 1 aromatic heterocycles. The van der Waals surface area contributed by atoms with E-state index in [1.165, 1.54) is 35.4 Å². The topological polar surface area (TPSA) is 15.3 Å². The summed E-state index contributed by atoms with van der Waals surface area (Å²) in [5, 5.41) is 5.83. The van der Waals surface area contributed by atoms with Crippen LogP contribution < -0.4 is 5.32 Å². The van der Waals surface area contributed by atoms with Crippen LogP contribution in [0.25, 0.3) is 5.70 Å². The molecule has 0 saturated heterocycles. The third-order valence-corrected chi connectivity index (χ3v) is 4.81. The lowest BCUT2D eigenvalue weighted by Crippen LogP contribution is -2.48. The highest BCUT2D eigenvalue weighted by atomic mass is 32.1. The van der Waals surface area contributed by atoms with Gasteiger partial charge in [0.1, 0.15) is 0 Å². The lowest BCUT2D eigenvalue weighted by Gasteiger charge is -2.36. The zero-order valence-electron chi connectivity index (χ0n) is 11.9. The van der Waals surface area contributed by atoms with Gasteiger partial charge in [0.2, 0.25) is 0 Å². The quantitative estimate of drug-likeness (QED) is 0.892. The first-order valence-electron chi connectivity index (χ1n) is 6.90. The van der Waals surface area contributed by atoms with Crippen molar-refractivity contribution >= 4 is 17.0 Å². The Labute approximate surface area is 115 Å². The van der Waals surface area contributed by atoms with Crippen LogP contribution in [0.5, 0.6) is 0 Å². The van der Waals surface area contributed by atoms with Gasteiger partial charge >= 0.3 is 0 Å². The largest absolute Gasteiger partial charge is 0.369 e. The Kier molecular flexibility index (Phi) is 4.46. The van der Waals surface area contributed by atoms with E-state index in [1.807, 2.05) is 11.3 Å². The molecule has 100 valence electrons. The van der Waals surface area contributed by atoms with E-state index < -0.39 is 0 Å². The van der Waals surface area contributed by atoms with Gasteiger partial charge in [-0.3, -0.25) is 4.90 Å². The second-order valence-corrected chi connectivity index (χ2v) is 6.10. The fourth-order valence-electron chi connectivity index (χ4n) is 2.36. The number of unbranched alkanes of at least 4 members (excludes halogenated alkanes) is 1. The molecule has 1 N–H and O–H groups in total. The number of nitrogens with one attached hydrogen (secondary N) is 1. The molecule has 0 aliphatic carbocycles. The van der Waals surface area contributed by atoms with Gasteiger partial charge in [-0.1, -0.05) is 13.3 Å². The minimum Gasteiger partial charge on any atom is -0.369 e. The maximum atomic E-state index is 3.61. The number of hydrogen-bond acceptors (Lipinski definition) is 3. The van der Waals surface area contributed by atoms with Gasteiger partial charge in [-0.05, 0) is 56.8 Å². The summed E-state index contributed by atoms with van der Waals surface area (Å²) in [6.45, 7) is 6.74. The lowest BCUT2D eigenvalue weighted by molar-refractivity contribution is 0.199. The predicted octanol–water partition coefficient (Wildman–Crippen LogP) is 3.70. The average molecular weight is 264 g/mol. The normalized spacial score (nSPS) is 24.8. The summed E-state index contributed by atoms with van der Waals surface area (Å²) in [7, 11) is 2.17. The third kappa shape index (κ3) is 2.78. The van der Waals surface area contributed by atoms with Crippen molar-refractivity contribution in [3.05, 3.63) is 28.0 Å². The van der Waals surface area contributed by atoms with Crippen LogP contribution in [0.15, 0.2) is 17.5 Å². The Bertz CT molecular complexity index is 422. The van der Waals surface area contributed by atoms with Crippen LogP contribution in [-0.4, -0.2) is 24.2 Å². The van der Waals surface area contributed by atoms with E-state index in [9.17, 15) is 0 Å². The molecule has 0 aromatic carbocycles. The molecular formula is C15H24N2S. The summed E-state index contributed by atoms with van der Waals surface area (Å²) >= 11 is 1.86. The molecule has 0 amide bonds. The second kappa shape index (κ2) is 5.89. The number of rotatable bonds is 4. The highest BCUT2D eigenvalue weighted by Gasteiger charge is 2.22. The number of likely N-dealkylation sites (N-methyl/N-ethyl adjacent to an activating group) is 1. The van der Waals surface area contributed by atoms with Gasteiger partial charge < -0.3 is 5.32 Å². The molecule has 2 unspecified atom stereocenters. The molecule has 1 aromatic rings. The molecule has 1 aliphatic heterocycles. The van der Waals surface area contributed by atoms with Crippen molar-refractivity contribution in [3.8, 4) is 0 Å². The lowest BCUT2D eigenvalue weighted by atomic mass is 10.1. The molecule has 3 heteroatoms. The molecule has 0 spiro atoms. The molecule has 2 atom stereocenters. The van der Waals surface area contributed by atoms with Gasteiger partial charge in [0, 0.05) is 6.04 Å². The molecule has 0 bridgehead atoms. The summed E-state index contributed by atoms with van der Waals surface area (Å²) in [5.74, 6) is 0. The molecule has 2 heterocycles. The summed E-state index contributed by atoms with van der Waals surface area (Å²) in [4.78, 5) is 3.79. The molecule has 1 aliphatic rings. The van der Waals surface area contributed by atoms with Crippen LogP contribution >= 0.6 is 11.3 Å². The number of thiophene rings is 1. The highest BCUT2D eigenvalue weighted by Crippen LogP contribution is 2.28. The summed E-state index contributed by atoms with van der Waals surface area (Å²) in [6.07, 6.45) is 6.49. The van der Waals surface area contributed by atoms with Gasteiger partial charge in [0.15, 0.2) is 0 Å². The average Bonchev–Trinajstić information content (AvgIpc) is 2.81. The van der Waals surface area contributed by atoms with Crippen molar-refractivity contribution in [2.24, 2.45) is 0 Å². The molecule has 2 nitrogen and oxygen atoms in total. The van der Waals surface area contributed by atoms with E-state index in [4.69, 9.17) is 0 Å². The Morgan fingerprint density at radius 2 is 2.17 bits per heavy atom. The smallest absolute Gasteiger partial charge is 0.0767 e. The highest BCUT2D eigenvalue weighted by molar-refractivity contribution is 7.11. The minimum atomic E-state index is 0.404. The van der Waals surface area contributed by atoms with E-state index in [0.717, 1.165) is 0 Å². The van der Waals surface area contributed by atoms with E-state index in [1.54, 1.807) is 0 Å². The van der Waals surface area contributed by atoms with Crippen molar-refractivity contribution in [1.29, 1.82) is 0 Å². The number of aryl methyl sites for hydroxylation is 1. The first-order chi connectivity index (χ1) is 8.63. The van der Waals surface area contributed by atoms with Gasteiger partial charge in [-0.25, -0.2) is 0 Å². The third-order valence-electron chi connectivity index (χ3n) is 3.82. The molecule has 2 rings (SSSR count). The molecule has 0 saturated carbocycles. The van der Waals surface area contributed by atoms with E-state index in [-0.39, 0.29) is 0 Å². The maximum absolute atomic E-state index is 3.61. The van der Waals surface area contributed by atoms with Crippen LogP contribution in [0.4, 0.5) is 0 Å². The Morgan fingerprint density at radius 1 is 1.39 bits per heavy atom. The number of nitrogens with zero attached hydrogens (tertiary/aromatic N) is 1. The van der Waals surface area contributed by atoms with E-state index in [0.29, 0.717) is 12.2 Å².